The normalized spacial score (nSPS) is 25.1. The molecule has 2 atom stereocenters. The predicted octanol–water partition coefficient (Wildman–Crippen LogP) is 2.83. The van der Waals surface area contributed by atoms with E-state index in [-0.39, 0.29) is 18.0 Å². The highest BCUT2D eigenvalue weighted by Crippen LogP contribution is 2.36. The van der Waals surface area contributed by atoms with Crippen molar-refractivity contribution >= 4 is 5.97 Å². The number of rotatable bonds is 2. The van der Waals surface area contributed by atoms with Crippen molar-refractivity contribution in [2.45, 2.75) is 18.9 Å². The van der Waals surface area contributed by atoms with Crippen LogP contribution in [0.4, 0.5) is 0 Å². The van der Waals surface area contributed by atoms with Crippen LogP contribution in [0, 0.1) is 0 Å². The summed E-state index contributed by atoms with van der Waals surface area (Å²) in [5, 5.41) is 0. The fourth-order valence-corrected chi connectivity index (χ4v) is 1.98. The molecule has 1 saturated heterocycles. The Kier molecular flexibility index (Phi) is 2.91. The summed E-state index contributed by atoms with van der Waals surface area (Å²) in [6.07, 6.45) is 3.58. The van der Waals surface area contributed by atoms with Crippen LogP contribution < -0.4 is 0 Å². The van der Waals surface area contributed by atoms with Crippen LogP contribution in [0.1, 0.15) is 18.4 Å². The monoisotopic (exact) mass is 214 g/mol. The lowest BCUT2D eigenvalue weighted by Crippen LogP contribution is -2.11. The highest BCUT2D eigenvalue weighted by Gasteiger charge is 2.37. The molecule has 16 heavy (non-hydrogen) atoms. The van der Waals surface area contributed by atoms with Gasteiger partial charge in [-0.05, 0) is 18.6 Å². The number of ether oxygens (including phenoxy) is 1. The molecule has 1 aliphatic rings. The summed E-state index contributed by atoms with van der Waals surface area (Å²) in [6, 6.07) is 9.85. The topological polar surface area (TPSA) is 26.3 Å². The minimum Gasteiger partial charge on any atom is -0.454 e. The molecule has 0 radical (unpaired) electrons. The van der Waals surface area contributed by atoms with Gasteiger partial charge in [0, 0.05) is 5.57 Å². The van der Waals surface area contributed by atoms with Gasteiger partial charge in [-0.2, -0.15) is 0 Å². The first-order valence-electron chi connectivity index (χ1n) is 5.31. The van der Waals surface area contributed by atoms with Gasteiger partial charge in [-0.15, -0.1) is 0 Å². The number of carbonyl (C=O) groups is 1. The molecule has 2 heteroatoms. The Balaban J connectivity index is 2.37. The second-order valence-corrected chi connectivity index (χ2v) is 3.81. The van der Waals surface area contributed by atoms with E-state index in [0.29, 0.717) is 5.57 Å². The molecule has 1 heterocycles. The van der Waals surface area contributed by atoms with Crippen LogP contribution in [-0.2, 0) is 9.53 Å². The molecular formula is C14H14O2. The molecule has 0 aromatic heterocycles. The minimum absolute atomic E-state index is 0.0510. The van der Waals surface area contributed by atoms with Gasteiger partial charge in [-0.3, -0.25) is 0 Å². The van der Waals surface area contributed by atoms with Crippen LogP contribution in [0.3, 0.4) is 0 Å². The SMILES string of the molecule is C=C1C(=O)OC(/C=C/C)C1c1ccccc1. The Hall–Kier alpha value is -1.83. The van der Waals surface area contributed by atoms with E-state index in [1.165, 1.54) is 0 Å². The van der Waals surface area contributed by atoms with Crippen molar-refractivity contribution in [2.24, 2.45) is 0 Å². The Morgan fingerprint density at radius 2 is 2.00 bits per heavy atom. The van der Waals surface area contributed by atoms with Crippen molar-refractivity contribution in [3.8, 4) is 0 Å². The Morgan fingerprint density at radius 1 is 1.31 bits per heavy atom. The quantitative estimate of drug-likeness (QED) is 0.430. The first-order chi connectivity index (χ1) is 7.74. The number of benzene rings is 1. The van der Waals surface area contributed by atoms with Crippen LogP contribution in [0.2, 0.25) is 0 Å². The van der Waals surface area contributed by atoms with E-state index in [9.17, 15) is 4.79 Å². The molecule has 0 spiro atoms. The number of esters is 1. The first-order valence-corrected chi connectivity index (χ1v) is 5.31. The molecular weight excluding hydrogens is 200 g/mol. The maximum absolute atomic E-state index is 11.5. The largest absolute Gasteiger partial charge is 0.454 e. The average Bonchev–Trinajstić information content (AvgIpc) is 2.57. The molecule has 0 aliphatic carbocycles. The highest BCUT2D eigenvalue weighted by atomic mass is 16.5. The van der Waals surface area contributed by atoms with Crippen molar-refractivity contribution in [3.63, 3.8) is 0 Å². The van der Waals surface area contributed by atoms with Gasteiger partial charge in [0.15, 0.2) is 0 Å². The molecule has 1 aliphatic heterocycles. The van der Waals surface area contributed by atoms with Gasteiger partial charge in [0.2, 0.25) is 0 Å². The van der Waals surface area contributed by atoms with Crippen LogP contribution in [-0.4, -0.2) is 12.1 Å². The molecule has 1 aromatic rings. The van der Waals surface area contributed by atoms with E-state index in [0.717, 1.165) is 5.56 Å². The van der Waals surface area contributed by atoms with Gasteiger partial charge in [-0.25, -0.2) is 4.79 Å². The van der Waals surface area contributed by atoms with Crippen LogP contribution in [0.15, 0.2) is 54.6 Å². The third kappa shape index (κ3) is 1.78. The molecule has 2 rings (SSSR count). The Bertz CT molecular complexity index is 431. The van der Waals surface area contributed by atoms with Gasteiger partial charge < -0.3 is 4.74 Å². The maximum Gasteiger partial charge on any atom is 0.334 e. The van der Waals surface area contributed by atoms with Gasteiger partial charge in [0.05, 0.1) is 5.92 Å². The van der Waals surface area contributed by atoms with E-state index in [4.69, 9.17) is 4.74 Å². The van der Waals surface area contributed by atoms with Crippen molar-refractivity contribution in [1.82, 2.24) is 0 Å². The Morgan fingerprint density at radius 3 is 2.62 bits per heavy atom. The lowest BCUT2D eigenvalue weighted by atomic mass is 9.89. The Labute approximate surface area is 95.2 Å². The fourth-order valence-electron chi connectivity index (χ4n) is 1.98. The van der Waals surface area contributed by atoms with Crippen molar-refractivity contribution < 1.29 is 9.53 Å². The number of allylic oxidation sites excluding steroid dienone is 1. The summed E-state index contributed by atoms with van der Waals surface area (Å²) in [6.45, 7) is 5.73. The van der Waals surface area contributed by atoms with Gasteiger partial charge in [0.1, 0.15) is 6.10 Å². The van der Waals surface area contributed by atoms with E-state index < -0.39 is 0 Å². The van der Waals surface area contributed by atoms with Crippen molar-refractivity contribution in [1.29, 1.82) is 0 Å². The zero-order valence-electron chi connectivity index (χ0n) is 9.22. The van der Waals surface area contributed by atoms with Crippen LogP contribution in [0.5, 0.6) is 0 Å². The van der Waals surface area contributed by atoms with Crippen LogP contribution >= 0.6 is 0 Å². The number of hydrogen-bond donors (Lipinski definition) is 0. The van der Waals surface area contributed by atoms with Gasteiger partial charge >= 0.3 is 5.97 Å². The lowest BCUT2D eigenvalue weighted by molar-refractivity contribution is -0.137. The summed E-state index contributed by atoms with van der Waals surface area (Å²) >= 11 is 0. The lowest BCUT2D eigenvalue weighted by Gasteiger charge is -2.14. The summed E-state index contributed by atoms with van der Waals surface area (Å²) in [4.78, 5) is 11.5. The first kappa shape index (κ1) is 10.7. The summed E-state index contributed by atoms with van der Waals surface area (Å²) in [5.74, 6) is -0.346. The molecule has 0 amide bonds. The molecule has 0 N–H and O–H groups in total. The number of cyclic esters (lactones) is 1. The molecule has 2 unspecified atom stereocenters. The summed E-state index contributed by atoms with van der Waals surface area (Å²) in [7, 11) is 0. The maximum atomic E-state index is 11.5. The van der Waals surface area contributed by atoms with E-state index in [2.05, 4.69) is 6.58 Å². The second-order valence-electron chi connectivity index (χ2n) is 3.81. The number of hydrogen-bond acceptors (Lipinski definition) is 2. The van der Waals surface area contributed by atoms with Gasteiger partial charge in [0.25, 0.3) is 0 Å². The molecule has 1 aromatic carbocycles. The second kappa shape index (κ2) is 4.35. The summed E-state index contributed by atoms with van der Waals surface area (Å²) in [5.41, 5.74) is 1.61. The zero-order valence-corrected chi connectivity index (χ0v) is 9.22. The van der Waals surface area contributed by atoms with Crippen LogP contribution in [0.25, 0.3) is 0 Å². The molecule has 0 bridgehead atoms. The van der Waals surface area contributed by atoms with E-state index in [1.54, 1.807) is 0 Å². The summed E-state index contributed by atoms with van der Waals surface area (Å²) < 4.78 is 5.26. The van der Waals surface area contributed by atoms with E-state index >= 15 is 0 Å². The smallest absolute Gasteiger partial charge is 0.334 e. The standard InChI is InChI=1S/C14H14O2/c1-3-7-12-13(10(2)14(15)16-12)11-8-5-4-6-9-11/h3-9,12-13H,2H2,1H3/b7-3+. The molecule has 82 valence electrons. The van der Waals surface area contributed by atoms with Crippen molar-refractivity contribution in [3.05, 3.63) is 60.2 Å². The van der Waals surface area contributed by atoms with Crippen molar-refractivity contribution in [2.75, 3.05) is 0 Å². The third-order valence-electron chi connectivity index (χ3n) is 2.75. The predicted molar refractivity (Wildman–Crippen MR) is 63.0 cm³/mol. The highest BCUT2D eigenvalue weighted by molar-refractivity contribution is 5.92. The van der Waals surface area contributed by atoms with Gasteiger partial charge in [-0.1, -0.05) is 43.0 Å². The van der Waals surface area contributed by atoms with E-state index in [1.807, 2.05) is 49.4 Å². The molecule has 0 saturated carbocycles. The number of carbonyl (C=O) groups excluding carboxylic acids is 1. The fraction of sp³-hybridized carbons (Fsp3) is 0.214. The minimum atomic E-state index is -0.294. The third-order valence-corrected chi connectivity index (χ3v) is 2.75. The average molecular weight is 214 g/mol. The zero-order chi connectivity index (χ0) is 11.5. The molecule has 1 fully saturated rings. The molecule has 2 nitrogen and oxygen atoms in total.